The van der Waals surface area contributed by atoms with Crippen molar-refractivity contribution in [3.8, 4) is 0 Å². The standard InChI is InChI=1S/C22H25ClN2O4/c1-4-22(5-2,16-8-10-17(23)11-9-16)21(28)25-18-12-6-15(7-13-18)20(27)24-14-19(26)29-3/h6-13H,4-5,14H2,1-3H3,(H,24,27)(H,25,28). The number of amides is 2. The van der Waals surface area contributed by atoms with Gasteiger partial charge in [-0.1, -0.05) is 37.6 Å². The van der Waals surface area contributed by atoms with Crippen molar-refractivity contribution >= 4 is 35.1 Å². The van der Waals surface area contributed by atoms with Gasteiger partial charge in [-0.25, -0.2) is 0 Å². The zero-order valence-electron chi connectivity index (χ0n) is 16.8. The number of benzene rings is 2. The molecular weight excluding hydrogens is 392 g/mol. The maximum Gasteiger partial charge on any atom is 0.325 e. The highest BCUT2D eigenvalue weighted by Crippen LogP contribution is 2.34. The summed E-state index contributed by atoms with van der Waals surface area (Å²) in [5, 5.41) is 6.03. The minimum atomic E-state index is -0.679. The summed E-state index contributed by atoms with van der Waals surface area (Å²) in [6, 6.07) is 13.8. The molecule has 0 aromatic heterocycles. The molecule has 0 saturated carbocycles. The Labute approximate surface area is 175 Å². The Hall–Kier alpha value is -2.86. The van der Waals surface area contributed by atoms with Crippen molar-refractivity contribution in [2.75, 3.05) is 19.0 Å². The lowest BCUT2D eigenvalue weighted by molar-refractivity contribution is -0.139. The smallest absolute Gasteiger partial charge is 0.325 e. The number of hydrogen-bond donors (Lipinski definition) is 2. The number of methoxy groups -OCH3 is 1. The monoisotopic (exact) mass is 416 g/mol. The van der Waals surface area contributed by atoms with Crippen molar-refractivity contribution in [2.24, 2.45) is 0 Å². The molecule has 0 radical (unpaired) electrons. The lowest BCUT2D eigenvalue weighted by atomic mass is 9.75. The number of carbonyl (C=O) groups is 3. The number of hydrogen-bond acceptors (Lipinski definition) is 4. The Morgan fingerprint density at radius 1 is 0.966 bits per heavy atom. The number of carbonyl (C=O) groups excluding carboxylic acids is 3. The first kappa shape index (κ1) is 22.4. The fourth-order valence-electron chi connectivity index (χ4n) is 3.16. The Bertz CT molecular complexity index is 859. The van der Waals surface area contributed by atoms with Gasteiger partial charge in [0.15, 0.2) is 0 Å². The third kappa shape index (κ3) is 5.35. The van der Waals surface area contributed by atoms with Crippen LogP contribution in [0.25, 0.3) is 0 Å². The maximum atomic E-state index is 13.1. The number of esters is 1. The summed E-state index contributed by atoms with van der Waals surface area (Å²) in [5.74, 6) is -1.04. The van der Waals surface area contributed by atoms with Crippen LogP contribution in [0.2, 0.25) is 5.02 Å². The van der Waals surface area contributed by atoms with Crippen LogP contribution in [0.5, 0.6) is 0 Å². The SMILES string of the molecule is CCC(CC)(C(=O)Nc1ccc(C(=O)NCC(=O)OC)cc1)c1ccc(Cl)cc1. The van der Waals surface area contributed by atoms with Gasteiger partial charge in [-0.2, -0.15) is 0 Å². The molecule has 0 fully saturated rings. The van der Waals surface area contributed by atoms with Crippen LogP contribution in [0.3, 0.4) is 0 Å². The van der Waals surface area contributed by atoms with E-state index in [2.05, 4.69) is 15.4 Å². The van der Waals surface area contributed by atoms with E-state index in [0.29, 0.717) is 29.1 Å². The molecule has 0 aliphatic carbocycles. The molecular formula is C22H25ClN2O4. The van der Waals surface area contributed by atoms with Gasteiger partial charge < -0.3 is 15.4 Å². The van der Waals surface area contributed by atoms with Crippen LogP contribution in [0.4, 0.5) is 5.69 Å². The van der Waals surface area contributed by atoms with Gasteiger partial charge >= 0.3 is 5.97 Å². The highest BCUT2D eigenvalue weighted by Gasteiger charge is 2.36. The lowest BCUT2D eigenvalue weighted by Crippen LogP contribution is -2.39. The van der Waals surface area contributed by atoms with Crippen LogP contribution >= 0.6 is 11.6 Å². The van der Waals surface area contributed by atoms with Gasteiger partial charge in [0.05, 0.1) is 12.5 Å². The van der Waals surface area contributed by atoms with Gasteiger partial charge in [0, 0.05) is 16.3 Å². The summed E-state index contributed by atoms with van der Waals surface area (Å²) in [5.41, 5.74) is 1.19. The van der Waals surface area contributed by atoms with E-state index in [1.165, 1.54) is 7.11 Å². The molecule has 154 valence electrons. The molecule has 2 rings (SSSR count). The highest BCUT2D eigenvalue weighted by atomic mass is 35.5. The van der Waals surface area contributed by atoms with Gasteiger partial charge in [0.2, 0.25) is 5.91 Å². The van der Waals surface area contributed by atoms with Gasteiger partial charge in [-0.15, -0.1) is 0 Å². The van der Waals surface area contributed by atoms with E-state index in [1.807, 2.05) is 26.0 Å². The zero-order valence-corrected chi connectivity index (χ0v) is 17.5. The largest absolute Gasteiger partial charge is 0.468 e. The quantitative estimate of drug-likeness (QED) is 0.638. The molecule has 0 bridgehead atoms. The molecule has 0 heterocycles. The molecule has 0 spiro atoms. The van der Waals surface area contributed by atoms with Gasteiger partial charge in [0.1, 0.15) is 6.54 Å². The fraction of sp³-hybridized carbons (Fsp3) is 0.318. The molecule has 0 atom stereocenters. The van der Waals surface area contributed by atoms with Gasteiger partial charge in [-0.05, 0) is 54.8 Å². The predicted octanol–water partition coefficient (Wildman–Crippen LogP) is 3.94. The molecule has 2 aromatic carbocycles. The molecule has 0 aliphatic rings. The molecule has 6 nitrogen and oxygen atoms in total. The topological polar surface area (TPSA) is 84.5 Å². The molecule has 7 heteroatoms. The Morgan fingerprint density at radius 3 is 2.07 bits per heavy atom. The number of anilines is 1. The first-order valence-electron chi connectivity index (χ1n) is 9.38. The second-order valence-corrected chi connectivity index (χ2v) is 7.02. The van der Waals surface area contributed by atoms with Crippen molar-refractivity contribution in [2.45, 2.75) is 32.1 Å². The van der Waals surface area contributed by atoms with E-state index < -0.39 is 17.3 Å². The molecule has 2 amide bonds. The minimum absolute atomic E-state index is 0.118. The Balaban J connectivity index is 2.13. The number of nitrogens with one attached hydrogen (secondary N) is 2. The van der Waals surface area contributed by atoms with Gasteiger partial charge in [0.25, 0.3) is 5.91 Å². The predicted molar refractivity (Wildman–Crippen MR) is 113 cm³/mol. The van der Waals surface area contributed by atoms with Crippen LogP contribution in [-0.4, -0.2) is 31.4 Å². The van der Waals surface area contributed by atoms with E-state index in [4.69, 9.17) is 11.6 Å². The van der Waals surface area contributed by atoms with Crippen molar-refractivity contribution in [3.05, 3.63) is 64.7 Å². The van der Waals surface area contributed by atoms with E-state index in [9.17, 15) is 14.4 Å². The van der Waals surface area contributed by atoms with Crippen LogP contribution in [0, 0.1) is 0 Å². The van der Waals surface area contributed by atoms with Crippen LogP contribution in [0.15, 0.2) is 48.5 Å². The Kier molecular flexibility index (Phi) is 7.79. The van der Waals surface area contributed by atoms with Crippen molar-refractivity contribution in [1.29, 1.82) is 0 Å². The second kappa shape index (κ2) is 10.1. The third-order valence-corrected chi connectivity index (χ3v) is 5.32. The van der Waals surface area contributed by atoms with E-state index >= 15 is 0 Å². The normalized spacial score (nSPS) is 10.9. The highest BCUT2D eigenvalue weighted by molar-refractivity contribution is 6.30. The summed E-state index contributed by atoms with van der Waals surface area (Å²) in [7, 11) is 1.25. The fourth-order valence-corrected chi connectivity index (χ4v) is 3.29. The van der Waals surface area contributed by atoms with E-state index in [-0.39, 0.29) is 12.5 Å². The lowest BCUT2D eigenvalue weighted by Gasteiger charge is -2.31. The molecule has 0 saturated heterocycles. The molecule has 2 aromatic rings. The summed E-state index contributed by atoms with van der Waals surface area (Å²) in [6.07, 6.45) is 1.26. The van der Waals surface area contributed by atoms with Crippen molar-refractivity contribution < 1.29 is 19.1 Å². The van der Waals surface area contributed by atoms with Crippen LogP contribution in [0.1, 0.15) is 42.6 Å². The first-order valence-corrected chi connectivity index (χ1v) is 9.76. The summed E-state index contributed by atoms with van der Waals surface area (Å²) < 4.78 is 4.49. The third-order valence-electron chi connectivity index (χ3n) is 5.06. The van der Waals surface area contributed by atoms with Crippen molar-refractivity contribution in [1.82, 2.24) is 5.32 Å². The zero-order chi connectivity index (χ0) is 21.4. The Morgan fingerprint density at radius 2 is 1.55 bits per heavy atom. The maximum absolute atomic E-state index is 13.1. The number of halogens is 1. The van der Waals surface area contributed by atoms with E-state index in [1.54, 1.807) is 36.4 Å². The molecule has 0 aliphatic heterocycles. The average molecular weight is 417 g/mol. The molecule has 0 unspecified atom stereocenters. The van der Waals surface area contributed by atoms with Crippen LogP contribution < -0.4 is 10.6 Å². The van der Waals surface area contributed by atoms with Crippen LogP contribution in [-0.2, 0) is 19.7 Å². The first-order chi connectivity index (χ1) is 13.9. The second-order valence-electron chi connectivity index (χ2n) is 6.59. The van der Waals surface area contributed by atoms with Crippen molar-refractivity contribution in [3.63, 3.8) is 0 Å². The summed E-state index contributed by atoms with van der Waals surface area (Å²) in [6.45, 7) is 3.75. The number of rotatable bonds is 8. The van der Waals surface area contributed by atoms with Gasteiger partial charge in [-0.3, -0.25) is 14.4 Å². The summed E-state index contributed by atoms with van der Waals surface area (Å²) >= 11 is 5.99. The molecule has 2 N–H and O–H groups in total. The number of ether oxygens (including phenoxy) is 1. The minimum Gasteiger partial charge on any atom is -0.468 e. The molecule has 29 heavy (non-hydrogen) atoms. The summed E-state index contributed by atoms with van der Waals surface area (Å²) in [4.78, 5) is 36.3. The van der Waals surface area contributed by atoms with E-state index in [0.717, 1.165) is 5.56 Å². The average Bonchev–Trinajstić information content (AvgIpc) is 2.74.